The van der Waals surface area contributed by atoms with E-state index < -0.39 is 0 Å². The summed E-state index contributed by atoms with van der Waals surface area (Å²) in [6.45, 7) is 2.50. The third-order valence-corrected chi connectivity index (χ3v) is 3.27. The van der Waals surface area contributed by atoms with Gasteiger partial charge in [-0.25, -0.2) is 4.98 Å². The van der Waals surface area contributed by atoms with E-state index in [9.17, 15) is 9.59 Å². The summed E-state index contributed by atoms with van der Waals surface area (Å²) < 4.78 is 0. The minimum absolute atomic E-state index is 0.0597. The van der Waals surface area contributed by atoms with Gasteiger partial charge in [-0.1, -0.05) is 42.8 Å². The maximum absolute atomic E-state index is 12.2. The first kappa shape index (κ1) is 15.3. The number of amides is 2. The molecule has 0 aliphatic carbocycles. The van der Waals surface area contributed by atoms with Gasteiger partial charge in [0, 0.05) is 18.1 Å². The molecule has 1 aromatic heterocycles. The molecule has 0 fully saturated rings. The smallest absolute Gasteiger partial charge is 0.253 e. The SMILES string of the molecule is CCCNC(=O)CNC(=O)c1cnc(Cl)c2ccccc12. The van der Waals surface area contributed by atoms with Crippen LogP contribution in [0.25, 0.3) is 10.8 Å². The third kappa shape index (κ3) is 3.70. The molecule has 0 atom stereocenters. The molecule has 0 spiro atoms. The van der Waals surface area contributed by atoms with Crippen molar-refractivity contribution in [3.8, 4) is 0 Å². The zero-order chi connectivity index (χ0) is 15.2. The number of halogens is 1. The fourth-order valence-electron chi connectivity index (χ4n) is 1.92. The van der Waals surface area contributed by atoms with E-state index in [4.69, 9.17) is 11.6 Å². The molecular formula is C15H16ClN3O2. The molecule has 1 heterocycles. The molecule has 2 amide bonds. The zero-order valence-electron chi connectivity index (χ0n) is 11.6. The standard InChI is InChI=1S/C15H16ClN3O2/c1-2-7-17-13(20)9-19-15(21)12-8-18-14(16)11-6-4-3-5-10(11)12/h3-6,8H,2,7,9H2,1H3,(H,17,20)(H,19,21). The maximum Gasteiger partial charge on any atom is 0.253 e. The van der Waals surface area contributed by atoms with Crippen molar-refractivity contribution in [3.05, 3.63) is 41.2 Å². The van der Waals surface area contributed by atoms with Crippen molar-refractivity contribution in [1.29, 1.82) is 0 Å². The summed E-state index contributed by atoms with van der Waals surface area (Å²) in [5.41, 5.74) is 0.401. The molecular weight excluding hydrogens is 290 g/mol. The number of benzene rings is 1. The average molecular weight is 306 g/mol. The van der Waals surface area contributed by atoms with Crippen molar-refractivity contribution in [2.75, 3.05) is 13.1 Å². The van der Waals surface area contributed by atoms with Crippen LogP contribution in [0.3, 0.4) is 0 Å². The van der Waals surface area contributed by atoms with Crippen molar-refractivity contribution in [3.63, 3.8) is 0 Å². The number of carbonyl (C=O) groups is 2. The van der Waals surface area contributed by atoms with E-state index in [1.54, 1.807) is 12.1 Å². The maximum atomic E-state index is 12.2. The number of rotatable bonds is 5. The number of hydrogen-bond acceptors (Lipinski definition) is 3. The molecule has 5 nitrogen and oxygen atoms in total. The van der Waals surface area contributed by atoms with Gasteiger partial charge in [0.15, 0.2) is 0 Å². The van der Waals surface area contributed by atoms with E-state index in [1.165, 1.54) is 6.20 Å². The Bertz CT molecular complexity index is 673. The number of nitrogens with zero attached hydrogens (tertiary/aromatic N) is 1. The topological polar surface area (TPSA) is 71.1 Å². The Morgan fingerprint density at radius 1 is 1.19 bits per heavy atom. The monoisotopic (exact) mass is 305 g/mol. The molecule has 1 aromatic carbocycles. The summed E-state index contributed by atoms with van der Waals surface area (Å²) in [5, 5.41) is 7.05. The lowest BCUT2D eigenvalue weighted by Crippen LogP contribution is -2.37. The summed E-state index contributed by atoms with van der Waals surface area (Å²) in [4.78, 5) is 27.7. The van der Waals surface area contributed by atoms with E-state index in [-0.39, 0.29) is 18.4 Å². The van der Waals surface area contributed by atoms with Crippen molar-refractivity contribution in [2.24, 2.45) is 0 Å². The minimum atomic E-state index is -0.345. The van der Waals surface area contributed by atoms with Gasteiger partial charge < -0.3 is 10.6 Å². The van der Waals surface area contributed by atoms with Gasteiger partial charge in [0.05, 0.1) is 12.1 Å². The molecule has 0 aliphatic heterocycles. The molecule has 2 rings (SSSR count). The van der Waals surface area contributed by atoms with Crippen LogP contribution in [0.2, 0.25) is 5.15 Å². The molecule has 0 saturated carbocycles. The molecule has 6 heteroatoms. The second-order valence-corrected chi connectivity index (χ2v) is 4.90. The highest BCUT2D eigenvalue weighted by atomic mass is 35.5. The Balaban J connectivity index is 2.13. The Morgan fingerprint density at radius 3 is 2.62 bits per heavy atom. The first-order valence-electron chi connectivity index (χ1n) is 6.71. The van der Waals surface area contributed by atoms with Crippen molar-refractivity contribution >= 4 is 34.2 Å². The summed E-state index contributed by atoms with van der Waals surface area (Å²) in [7, 11) is 0. The van der Waals surface area contributed by atoms with E-state index in [0.717, 1.165) is 6.42 Å². The number of pyridine rings is 1. The molecule has 21 heavy (non-hydrogen) atoms. The van der Waals surface area contributed by atoms with Crippen molar-refractivity contribution in [1.82, 2.24) is 15.6 Å². The van der Waals surface area contributed by atoms with Gasteiger partial charge in [0.2, 0.25) is 5.91 Å². The molecule has 2 aromatic rings. The van der Waals surface area contributed by atoms with Crippen LogP contribution in [0.1, 0.15) is 23.7 Å². The van der Waals surface area contributed by atoms with E-state index in [2.05, 4.69) is 15.6 Å². The summed E-state index contributed by atoms with van der Waals surface area (Å²) in [6, 6.07) is 7.25. The predicted molar refractivity (Wildman–Crippen MR) is 82.4 cm³/mol. The fourth-order valence-corrected chi connectivity index (χ4v) is 2.14. The van der Waals surface area contributed by atoms with Gasteiger partial charge in [-0.15, -0.1) is 0 Å². The summed E-state index contributed by atoms with van der Waals surface area (Å²) >= 11 is 6.01. The molecule has 110 valence electrons. The van der Waals surface area contributed by atoms with E-state index in [0.29, 0.717) is 28.0 Å². The molecule has 0 aliphatic rings. The van der Waals surface area contributed by atoms with Crippen molar-refractivity contribution < 1.29 is 9.59 Å². The van der Waals surface area contributed by atoms with Gasteiger partial charge >= 0.3 is 0 Å². The zero-order valence-corrected chi connectivity index (χ0v) is 12.4. The number of nitrogens with one attached hydrogen (secondary N) is 2. The second-order valence-electron chi connectivity index (χ2n) is 4.54. The lowest BCUT2D eigenvalue weighted by Gasteiger charge is -2.08. The van der Waals surface area contributed by atoms with Gasteiger partial charge in [0.25, 0.3) is 5.91 Å². The van der Waals surface area contributed by atoms with Gasteiger partial charge in [-0.05, 0) is 11.8 Å². The molecule has 2 N–H and O–H groups in total. The summed E-state index contributed by atoms with van der Waals surface area (Å²) in [6.07, 6.45) is 2.27. The normalized spacial score (nSPS) is 10.4. The predicted octanol–water partition coefficient (Wildman–Crippen LogP) is 2.14. The molecule has 0 bridgehead atoms. The highest BCUT2D eigenvalue weighted by Gasteiger charge is 2.13. The lowest BCUT2D eigenvalue weighted by molar-refractivity contribution is -0.120. The van der Waals surface area contributed by atoms with Gasteiger partial charge in [0.1, 0.15) is 5.15 Å². The van der Waals surface area contributed by atoms with Crippen LogP contribution in [0, 0.1) is 0 Å². The number of fused-ring (bicyclic) bond motifs is 1. The van der Waals surface area contributed by atoms with Crippen LogP contribution < -0.4 is 10.6 Å². The van der Waals surface area contributed by atoms with Gasteiger partial charge in [-0.2, -0.15) is 0 Å². The van der Waals surface area contributed by atoms with Crippen LogP contribution in [-0.2, 0) is 4.79 Å². The first-order chi connectivity index (χ1) is 10.1. The van der Waals surface area contributed by atoms with E-state index >= 15 is 0 Å². The highest BCUT2D eigenvalue weighted by molar-refractivity contribution is 6.34. The Morgan fingerprint density at radius 2 is 1.90 bits per heavy atom. The highest BCUT2D eigenvalue weighted by Crippen LogP contribution is 2.23. The largest absolute Gasteiger partial charge is 0.355 e. The van der Waals surface area contributed by atoms with Crippen LogP contribution in [0.4, 0.5) is 0 Å². The quantitative estimate of drug-likeness (QED) is 0.831. The van der Waals surface area contributed by atoms with Gasteiger partial charge in [-0.3, -0.25) is 9.59 Å². The number of hydrogen-bond donors (Lipinski definition) is 2. The average Bonchev–Trinajstić information content (AvgIpc) is 2.51. The Labute approximate surface area is 127 Å². The third-order valence-electron chi connectivity index (χ3n) is 2.97. The van der Waals surface area contributed by atoms with Crippen molar-refractivity contribution in [2.45, 2.75) is 13.3 Å². The van der Waals surface area contributed by atoms with Crippen LogP contribution in [-0.4, -0.2) is 29.9 Å². The second kappa shape index (κ2) is 7.04. The summed E-state index contributed by atoms with van der Waals surface area (Å²) in [5.74, 6) is -0.557. The number of aromatic nitrogens is 1. The first-order valence-corrected chi connectivity index (χ1v) is 7.09. The van der Waals surface area contributed by atoms with Crippen LogP contribution in [0.5, 0.6) is 0 Å². The lowest BCUT2D eigenvalue weighted by atomic mass is 10.1. The van der Waals surface area contributed by atoms with Crippen LogP contribution >= 0.6 is 11.6 Å². The van der Waals surface area contributed by atoms with Crippen LogP contribution in [0.15, 0.2) is 30.5 Å². The minimum Gasteiger partial charge on any atom is -0.355 e. The molecule has 0 unspecified atom stereocenters. The Kier molecular flexibility index (Phi) is 5.11. The fraction of sp³-hybridized carbons (Fsp3) is 0.267. The Hall–Kier alpha value is -2.14. The molecule has 0 radical (unpaired) electrons. The molecule has 0 saturated heterocycles. The number of carbonyl (C=O) groups excluding carboxylic acids is 2. The van der Waals surface area contributed by atoms with E-state index in [1.807, 2.05) is 19.1 Å².